The quantitative estimate of drug-likeness (QED) is 0.908. The zero-order valence-electron chi connectivity index (χ0n) is 12.1. The highest BCUT2D eigenvalue weighted by Crippen LogP contribution is 2.14. The van der Waals surface area contributed by atoms with Crippen LogP contribution >= 0.6 is 0 Å². The largest absolute Gasteiger partial charge is 0.363 e. The fraction of sp³-hybridized carbons (Fsp3) is 0.214. The van der Waals surface area contributed by atoms with E-state index in [1.807, 2.05) is 14.1 Å². The van der Waals surface area contributed by atoms with Gasteiger partial charge in [-0.2, -0.15) is 0 Å². The lowest BCUT2D eigenvalue weighted by atomic mass is 10.3. The highest BCUT2D eigenvalue weighted by Gasteiger charge is 2.09. The molecule has 1 heterocycles. The lowest BCUT2D eigenvalue weighted by Crippen LogP contribution is -2.29. The molecule has 0 aliphatic heterocycles. The van der Waals surface area contributed by atoms with Crippen LogP contribution in [0.1, 0.15) is 5.82 Å². The first kappa shape index (κ1) is 15.6. The van der Waals surface area contributed by atoms with Crippen LogP contribution in [0.4, 0.5) is 25.1 Å². The molecule has 0 saturated carbocycles. The van der Waals surface area contributed by atoms with Gasteiger partial charge in [-0.25, -0.2) is 23.5 Å². The Hall–Kier alpha value is -2.77. The Kier molecular flexibility index (Phi) is 4.82. The number of anilines is 2. The Balaban J connectivity index is 1.95. The molecule has 2 rings (SSSR count). The van der Waals surface area contributed by atoms with Crippen molar-refractivity contribution < 1.29 is 13.6 Å². The Labute approximate surface area is 126 Å². The van der Waals surface area contributed by atoms with Gasteiger partial charge in [0.1, 0.15) is 23.3 Å². The molecular formula is C14H15F2N5O. The number of urea groups is 1. The van der Waals surface area contributed by atoms with Crippen molar-refractivity contribution in [1.29, 1.82) is 0 Å². The number of nitrogens with zero attached hydrogens (tertiary/aromatic N) is 3. The third-order valence-corrected chi connectivity index (χ3v) is 2.73. The molecule has 2 aromatic rings. The van der Waals surface area contributed by atoms with Crippen molar-refractivity contribution in [2.24, 2.45) is 0 Å². The van der Waals surface area contributed by atoms with Gasteiger partial charge < -0.3 is 15.5 Å². The monoisotopic (exact) mass is 307 g/mol. The predicted molar refractivity (Wildman–Crippen MR) is 78.6 cm³/mol. The van der Waals surface area contributed by atoms with E-state index in [2.05, 4.69) is 20.6 Å². The van der Waals surface area contributed by atoms with Crippen LogP contribution in [0, 0.1) is 11.6 Å². The third kappa shape index (κ3) is 4.11. The van der Waals surface area contributed by atoms with Crippen molar-refractivity contribution >= 4 is 17.5 Å². The van der Waals surface area contributed by atoms with Crippen molar-refractivity contribution in [1.82, 2.24) is 15.3 Å². The number of hydrogen-bond donors (Lipinski definition) is 2. The standard InChI is InChI=1S/C14H15F2N5O/c1-21(2)13-5-6-17-12(20-13)8-18-14(22)19-11-7-9(15)3-4-10(11)16/h3-7H,8H2,1-2H3,(H2,18,19,22). The number of halogens is 2. The van der Waals surface area contributed by atoms with E-state index in [9.17, 15) is 13.6 Å². The second-order valence-electron chi connectivity index (χ2n) is 4.66. The summed E-state index contributed by atoms with van der Waals surface area (Å²) < 4.78 is 26.4. The summed E-state index contributed by atoms with van der Waals surface area (Å²) in [5, 5.41) is 4.71. The lowest BCUT2D eigenvalue weighted by molar-refractivity contribution is 0.251. The molecule has 2 N–H and O–H groups in total. The predicted octanol–water partition coefficient (Wildman–Crippen LogP) is 2.14. The molecule has 1 aromatic carbocycles. The number of benzene rings is 1. The number of carbonyl (C=O) groups excluding carboxylic acids is 1. The van der Waals surface area contributed by atoms with Gasteiger partial charge in [0, 0.05) is 26.4 Å². The van der Waals surface area contributed by atoms with Crippen LogP contribution in [0.2, 0.25) is 0 Å². The molecule has 0 unspecified atom stereocenters. The lowest BCUT2D eigenvalue weighted by Gasteiger charge is -2.12. The zero-order valence-corrected chi connectivity index (χ0v) is 12.1. The highest BCUT2D eigenvalue weighted by molar-refractivity contribution is 5.89. The maximum atomic E-state index is 13.4. The Morgan fingerprint density at radius 2 is 2.05 bits per heavy atom. The van der Waals surface area contributed by atoms with E-state index >= 15 is 0 Å². The van der Waals surface area contributed by atoms with Gasteiger partial charge >= 0.3 is 6.03 Å². The number of nitrogens with one attached hydrogen (secondary N) is 2. The number of rotatable bonds is 4. The molecular weight excluding hydrogens is 292 g/mol. The molecule has 0 aliphatic carbocycles. The van der Waals surface area contributed by atoms with Crippen LogP contribution in [0.25, 0.3) is 0 Å². The van der Waals surface area contributed by atoms with E-state index in [0.717, 1.165) is 18.2 Å². The van der Waals surface area contributed by atoms with E-state index in [0.29, 0.717) is 11.6 Å². The first-order valence-electron chi connectivity index (χ1n) is 6.45. The van der Waals surface area contributed by atoms with Gasteiger partial charge in [0.05, 0.1) is 12.2 Å². The summed E-state index contributed by atoms with van der Waals surface area (Å²) in [6.07, 6.45) is 1.57. The molecule has 0 saturated heterocycles. The second-order valence-corrected chi connectivity index (χ2v) is 4.66. The van der Waals surface area contributed by atoms with Gasteiger partial charge in [0.25, 0.3) is 0 Å². The van der Waals surface area contributed by atoms with Gasteiger partial charge in [0.2, 0.25) is 0 Å². The fourth-order valence-electron chi connectivity index (χ4n) is 1.64. The topological polar surface area (TPSA) is 70.2 Å². The molecule has 0 atom stereocenters. The van der Waals surface area contributed by atoms with Gasteiger partial charge in [-0.05, 0) is 18.2 Å². The molecule has 0 radical (unpaired) electrons. The van der Waals surface area contributed by atoms with Crippen LogP contribution in [0.15, 0.2) is 30.5 Å². The molecule has 22 heavy (non-hydrogen) atoms. The van der Waals surface area contributed by atoms with Crippen LogP contribution in [-0.2, 0) is 6.54 Å². The first-order valence-corrected chi connectivity index (χ1v) is 6.45. The smallest absolute Gasteiger partial charge is 0.319 e. The van der Waals surface area contributed by atoms with Crippen molar-refractivity contribution in [3.05, 3.63) is 47.9 Å². The Bertz CT molecular complexity index is 678. The maximum absolute atomic E-state index is 13.4. The molecule has 1 aromatic heterocycles. The maximum Gasteiger partial charge on any atom is 0.319 e. The van der Waals surface area contributed by atoms with Crippen LogP contribution in [0.3, 0.4) is 0 Å². The van der Waals surface area contributed by atoms with Crippen molar-refractivity contribution in [2.45, 2.75) is 6.54 Å². The molecule has 8 heteroatoms. The minimum Gasteiger partial charge on any atom is -0.363 e. The van der Waals surface area contributed by atoms with E-state index in [4.69, 9.17) is 0 Å². The van der Waals surface area contributed by atoms with E-state index in [-0.39, 0.29) is 12.2 Å². The van der Waals surface area contributed by atoms with Crippen molar-refractivity contribution in [2.75, 3.05) is 24.3 Å². The van der Waals surface area contributed by atoms with Crippen LogP contribution in [0.5, 0.6) is 0 Å². The van der Waals surface area contributed by atoms with Gasteiger partial charge in [-0.15, -0.1) is 0 Å². The molecule has 2 amide bonds. The average Bonchev–Trinajstić information content (AvgIpc) is 2.49. The Morgan fingerprint density at radius 1 is 1.27 bits per heavy atom. The fourth-order valence-corrected chi connectivity index (χ4v) is 1.64. The minimum absolute atomic E-state index is 0.0600. The average molecular weight is 307 g/mol. The summed E-state index contributed by atoms with van der Waals surface area (Å²) in [6.45, 7) is 0.0600. The van der Waals surface area contributed by atoms with Gasteiger partial charge in [-0.1, -0.05) is 0 Å². The van der Waals surface area contributed by atoms with E-state index in [1.165, 1.54) is 0 Å². The Morgan fingerprint density at radius 3 is 2.77 bits per heavy atom. The summed E-state index contributed by atoms with van der Waals surface area (Å²) >= 11 is 0. The molecule has 0 bridgehead atoms. The minimum atomic E-state index is -0.720. The number of aromatic nitrogens is 2. The number of amides is 2. The van der Waals surface area contributed by atoms with Crippen molar-refractivity contribution in [3.8, 4) is 0 Å². The van der Waals surface area contributed by atoms with Gasteiger partial charge in [-0.3, -0.25) is 0 Å². The molecule has 116 valence electrons. The third-order valence-electron chi connectivity index (χ3n) is 2.73. The van der Waals surface area contributed by atoms with Crippen LogP contribution in [-0.4, -0.2) is 30.1 Å². The number of carbonyl (C=O) groups is 1. The molecule has 6 nitrogen and oxygen atoms in total. The molecule has 0 aliphatic rings. The summed E-state index contributed by atoms with van der Waals surface area (Å²) in [5.41, 5.74) is -0.236. The molecule has 0 spiro atoms. The SMILES string of the molecule is CN(C)c1ccnc(CNC(=O)Nc2cc(F)ccc2F)n1. The summed E-state index contributed by atoms with van der Waals surface area (Å²) in [4.78, 5) is 21.7. The van der Waals surface area contributed by atoms with E-state index < -0.39 is 17.7 Å². The van der Waals surface area contributed by atoms with Gasteiger partial charge in [0.15, 0.2) is 0 Å². The number of hydrogen-bond acceptors (Lipinski definition) is 4. The summed E-state index contributed by atoms with van der Waals surface area (Å²) in [7, 11) is 3.66. The van der Waals surface area contributed by atoms with E-state index in [1.54, 1.807) is 17.2 Å². The summed E-state index contributed by atoms with van der Waals surface area (Å²) in [6, 6.07) is 3.86. The molecule has 0 fully saturated rings. The summed E-state index contributed by atoms with van der Waals surface area (Å²) in [5.74, 6) is -0.259. The normalized spacial score (nSPS) is 10.2. The first-order chi connectivity index (χ1) is 10.5. The zero-order chi connectivity index (χ0) is 16.1. The second kappa shape index (κ2) is 6.79. The van der Waals surface area contributed by atoms with Crippen molar-refractivity contribution in [3.63, 3.8) is 0 Å². The highest BCUT2D eigenvalue weighted by atomic mass is 19.1. The van der Waals surface area contributed by atoms with Crippen LogP contribution < -0.4 is 15.5 Å².